The molecule has 4 heteroatoms. The van der Waals surface area contributed by atoms with Crippen molar-refractivity contribution >= 4 is 5.82 Å². The first-order chi connectivity index (χ1) is 9.85. The Bertz CT molecular complexity index is 422. The molecule has 0 bridgehead atoms. The average molecular weight is 274 g/mol. The third-order valence-corrected chi connectivity index (χ3v) is 4.46. The second-order valence-electron chi connectivity index (χ2n) is 6.24. The maximum absolute atomic E-state index is 4.77. The molecule has 20 heavy (non-hydrogen) atoms. The van der Waals surface area contributed by atoms with Crippen LogP contribution < -0.4 is 10.2 Å². The number of nitrogens with zero attached hydrogens (tertiary/aromatic N) is 3. The number of anilines is 1. The summed E-state index contributed by atoms with van der Waals surface area (Å²) in [6, 6.07) is 0.727. The summed E-state index contributed by atoms with van der Waals surface area (Å²) in [5.74, 6) is 1.99. The van der Waals surface area contributed by atoms with Crippen LogP contribution in [0.2, 0.25) is 0 Å². The van der Waals surface area contributed by atoms with Crippen molar-refractivity contribution in [3.8, 4) is 0 Å². The molecule has 0 spiro atoms. The summed E-state index contributed by atoms with van der Waals surface area (Å²) in [5.41, 5.74) is 1.07. The van der Waals surface area contributed by atoms with E-state index in [0.29, 0.717) is 0 Å². The van der Waals surface area contributed by atoms with Crippen LogP contribution in [0.3, 0.4) is 0 Å². The molecule has 1 aliphatic carbocycles. The van der Waals surface area contributed by atoms with E-state index in [-0.39, 0.29) is 0 Å². The van der Waals surface area contributed by atoms with Crippen LogP contribution in [0.4, 0.5) is 5.82 Å². The summed E-state index contributed by atoms with van der Waals surface area (Å²) < 4.78 is 0. The summed E-state index contributed by atoms with van der Waals surface area (Å²) >= 11 is 0. The number of aromatic nitrogens is 2. The Morgan fingerprint density at radius 1 is 1.20 bits per heavy atom. The molecule has 0 radical (unpaired) electrons. The molecule has 1 aromatic heterocycles. The van der Waals surface area contributed by atoms with Crippen molar-refractivity contribution in [2.24, 2.45) is 5.92 Å². The van der Waals surface area contributed by atoms with Crippen molar-refractivity contribution in [2.75, 3.05) is 18.0 Å². The lowest BCUT2D eigenvalue weighted by Gasteiger charge is -2.32. The standard InChI is InChI=1S/C16H26N4/c1-2-3-13-6-8-20(9-7-13)16-12-17-10-15(19-16)11-18-14-4-5-14/h10,12-14,18H,2-9,11H2,1H3. The van der Waals surface area contributed by atoms with Crippen molar-refractivity contribution in [1.29, 1.82) is 0 Å². The Labute approximate surface area is 122 Å². The Morgan fingerprint density at radius 3 is 2.70 bits per heavy atom. The fraction of sp³-hybridized carbons (Fsp3) is 0.750. The highest BCUT2D eigenvalue weighted by atomic mass is 15.2. The highest BCUT2D eigenvalue weighted by Gasteiger charge is 2.21. The van der Waals surface area contributed by atoms with Crippen LogP contribution in [0, 0.1) is 5.92 Å². The normalized spacial score (nSPS) is 20.4. The molecular weight excluding hydrogens is 248 g/mol. The smallest absolute Gasteiger partial charge is 0.147 e. The van der Waals surface area contributed by atoms with Crippen LogP contribution in [0.15, 0.2) is 12.4 Å². The van der Waals surface area contributed by atoms with Crippen LogP contribution in [0.1, 0.15) is 51.1 Å². The van der Waals surface area contributed by atoms with Crippen molar-refractivity contribution in [3.63, 3.8) is 0 Å². The van der Waals surface area contributed by atoms with E-state index >= 15 is 0 Å². The van der Waals surface area contributed by atoms with E-state index in [1.807, 2.05) is 12.4 Å². The molecule has 0 unspecified atom stereocenters. The third kappa shape index (κ3) is 3.69. The van der Waals surface area contributed by atoms with E-state index in [1.165, 1.54) is 38.5 Å². The van der Waals surface area contributed by atoms with Gasteiger partial charge in [-0.2, -0.15) is 0 Å². The average Bonchev–Trinajstić information content (AvgIpc) is 3.31. The SMILES string of the molecule is CCCC1CCN(c2cncc(CNC3CC3)n2)CC1. The predicted molar refractivity (Wildman–Crippen MR) is 81.7 cm³/mol. The predicted octanol–water partition coefficient (Wildman–Crippen LogP) is 2.75. The first kappa shape index (κ1) is 13.8. The van der Waals surface area contributed by atoms with E-state index < -0.39 is 0 Å². The molecule has 2 fully saturated rings. The summed E-state index contributed by atoms with van der Waals surface area (Å²) in [6.45, 7) is 5.42. The minimum absolute atomic E-state index is 0.727. The number of hydrogen-bond acceptors (Lipinski definition) is 4. The van der Waals surface area contributed by atoms with Crippen molar-refractivity contribution in [3.05, 3.63) is 18.1 Å². The van der Waals surface area contributed by atoms with E-state index in [1.54, 1.807) is 0 Å². The van der Waals surface area contributed by atoms with Gasteiger partial charge in [-0.3, -0.25) is 4.98 Å². The lowest BCUT2D eigenvalue weighted by Crippen LogP contribution is -2.34. The first-order valence-corrected chi connectivity index (χ1v) is 8.14. The van der Waals surface area contributed by atoms with Gasteiger partial charge in [-0.15, -0.1) is 0 Å². The number of nitrogens with one attached hydrogen (secondary N) is 1. The molecule has 4 nitrogen and oxygen atoms in total. The van der Waals surface area contributed by atoms with E-state index in [2.05, 4.69) is 22.1 Å². The molecule has 1 N–H and O–H groups in total. The van der Waals surface area contributed by atoms with Gasteiger partial charge in [-0.1, -0.05) is 19.8 Å². The minimum atomic E-state index is 0.727. The Hall–Kier alpha value is -1.16. The van der Waals surface area contributed by atoms with Gasteiger partial charge in [0.05, 0.1) is 11.9 Å². The quantitative estimate of drug-likeness (QED) is 0.866. The molecule has 1 aliphatic heterocycles. The molecule has 1 saturated carbocycles. The van der Waals surface area contributed by atoms with Crippen LogP contribution in [0.25, 0.3) is 0 Å². The maximum Gasteiger partial charge on any atom is 0.147 e. The van der Waals surface area contributed by atoms with Gasteiger partial charge in [-0.25, -0.2) is 4.98 Å². The first-order valence-electron chi connectivity index (χ1n) is 8.14. The highest BCUT2D eigenvalue weighted by molar-refractivity contribution is 5.36. The number of piperidine rings is 1. The van der Waals surface area contributed by atoms with Gasteiger partial charge in [0.1, 0.15) is 5.82 Å². The fourth-order valence-corrected chi connectivity index (χ4v) is 3.03. The van der Waals surface area contributed by atoms with Gasteiger partial charge in [0.25, 0.3) is 0 Å². The molecular formula is C16H26N4. The zero-order chi connectivity index (χ0) is 13.8. The van der Waals surface area contributed by atoms with Crippen LogP contribution in [0.5, 0.6) is 0 Å². The summed E-state index contributed by atoms with van der Waals surface area (Å²) in [4.78, 5) is 11.5. The van der Waals surface area contributed by atoms with Crippen molar-refractivity contribution in [2.45, 2.75) is 58.0 Å². The summed E-state index contributed by atoms with van der Waals surface area (Å²) in [6.07, 6.45) is 11.7. The molecule has 0 aromatic carbocycles. The molecule has 1 saturated heterocycles. The molecule has 110 valence electrons. The van der Waals surface area contributed by atoms with Crippen molar-refractivity contribution in [1.82, 2.24) is 15.3 Å². The van der Waals surface area contributed by atoms with Gasteiger partial charge >= 0.3 is 0 Å². The summed E-state index contributed by atoms with van der Waals surface area (Å²) in [7, 11) is 0. The lowest BCUT2D eigenvalue weighted by molar-refractivity contribution is 0.377. The van der Waals surface area contributed by atoms with E-state index in [0.717, 1.165) is 43.1 Å². The van der Waals surface area contributed by atoms with Gasteiger partial charge in [0.15, 0.2) is 0 Å². The van der Waals surface area contributed by atoms with Crippen LogP contribution >= 0.6 is 0 Å². The molecule has 2 aliphatic rings. The highest BCUT2D eigenvalue weighted by Crippen LogP contribution is 2.24. The monoisotopic (exact) mass is 274 g/mol. The second-order valence-corrected chi connectivity index (χ2v) is 6.24. The van der Waals surface area contributed by atoms with E-state index in [4.69, 9.17) is 4.98 Å². The van der Waals surface area contributed by atoms with Gasteiger partial charge in [-0.05, 0) is 31.6 Å². The van der Waals surface area contributed by atoms with Gasteiger partial charge in [0, 0.05) is 31.9 Å². The van der Waals surface area contributed by atoms with Crippen LogP contribution in [-0.2, 0) is 6.54 Å². The second kappa shape index (κ2) is 6.53. The Morgan fingerprint density at radius 2 is 2.00 bits per heavy atom. The number of hydrogen-bond donors (Lipinski definition) is 1. The zero-order valence-electron chi connectivity index (χ0n) is 12.5. The molecule has 3 rings (SSSR count). The molecule has 2 heterocycles. The lowest BCUT2D eigenvalue weighted by atomic mass is 9.92. The Balaban J connectivity index is 1.55. The largest absolute Gasteiger partial charge is 0.355 e. The van der Waals surface area contributed by atoms with E-state index in [9.17, 15) is 0 Å². The Kier molecular flexibility index (Phi) is 4.51. The van der Waals surface area contributed by atoms with Gasteiger partial charge in [0.2, 0.25) is 0 Å². The van der Waals surface area contributed by atoms with Gasteiger partial charge < -0.3 is 10.2 Å². The zero-order valence-corrected chi connectivity index (χ0v) is 12.5. The molecule has 0 atom stereocenters. The van der Waals surface area contributed by atoms with Crippen molar-refractivity contribution < 1.29 is 0 Å². The third-order valence-electron chi connectivity index (χ3n) is 4.46. The molecule has 1 aromatic rings. The topological polar surface area (TPSA) is 41.1 Å². The minimum Gasteiger partial charge on any atom is -0.355 e. The fourth-order valence-electron chi connectivity index (χ4n) is 3.03. The molecule has 0 amide bonds. The summed E-state index contributed by atoms with van der Waals surface area (Å²) in [5, 5.41) is 3.51. The maximum atomic E-state index is 4.77. The number of rotatable bonds is 6. The van der Waals surface area contributed by atoms with Crippen LogP contribution in [-0.4, -0.2) is 29.1 Å².